The molecule has 1 aliphatic heterocycles. The molecule has 0 radical (unpaired) electrons. The number of piperidine rings is 1. The third-order valence-corrected chi connectivity index (χ3v) is 5.30. The summed E-state index contributed by atoms with van der Waals surface area (Å²) in [5.41, 5.74) is 6.21. The van der Waals surface area contributed by atoms with Gasteiger partial charge in [0.2, 0.25) is 5.91 Å². The highest BCUT2D eigenvalue weighted by Gasteiger charge is 2.36. The van der Waals surface area contributed by atoms with Gasteiger partial charge in [-0.3, -0.25) is 4.79 Å². The van der Waals surface area contributed by atoms with Crippen LogP contribution in [0.1, 0.15) is 39.0 Å². The molecule has 0 spiro atoms. The third kappa shape index (κ3) is 3.73. The lowest BCUT2D eigenvalue weighted by Gasteiger charge is -2.37. The van der Waals surface area contributed by atoms with Gasteiger partial charge in [-0.25, -0.2) is 0 Å². The Morgan fingerprint density at radius 2 is 1.90 bits per heavy atom. The number of carbonyl (C=O) groups is 1. The summed E-state index contributed by atoms with van der Waals surface area (Å²) in [7, 11) is 4.14. The molecule has 3 atom stereocenters. The van der Waals surface area contributed by atoms with Gasteiger partial charge < -0.3 is 15.5 Å². The van der Waals surface area contributed by atoms with E-state index in [9.17, 15) is 4.79 Å². The molecule has 116 valence electrons. The Morgan fingerprint density at radius 3 is 2.50 bits per heavy atom. The molecule has 1 amide bonds. The van der Waals surface area contributed by atoms with Crippen molar-refractivity contribution in [1.82, 2.24) is 9.80 Å². The predicted molar refractivity (Wildman–Crippen MR) is 82.3 cm³/mol. The lowest BCUT2D eigenvalue weighted by atomic mass is 9.76. The van der Waals surface area contributed by atoms with E-state index in [1.807, 2.05) is 11.9 Å². The number of amides is 1. The van der Waals surface area contributed by atoms with Crippen molar-refractivity contribution in [3.63, 3.8) is 0 Å². The largest absolute Gasteiger partial charge is 0.345 e. The maximum atomic E-state index is 12.7. The van der Waals surface area contributed by atoms with E-state index < -0.39 is 0 Å². The van der Waals surface area contributed by atoms with Crippen LogP contribution in [0.2, 0.25) is 0 Å². The quantitative estimate of drug-likeness (QED) is 0.854. The van der Waals surface area contributed by atoms with Gasteiger partial charge in [0.05, 0.1) is 5.92 Å². The minimum Gasteiger partial charge on any atom is -0.345 e. The van der Waals surface area contributed by atoms with Crippen LogP contribution >= 0.6 is 0 Å². The Labute approximate surface area is 123 Å². The Kier molecular flexibility index (Phi) is 5.44. The molecule has 1 heterocycles. The summed E-state index contributed by atoms with van der Waals surface area (Å²) < 4.78 is 0. The maximum absolute atomic E-state index is 12.7. The fourth-order valence-corrected chi connectivity index (χ4v) is 3.86. The van der Waals surface area contributed by atoms with Gasteiger partial charge >= 0.3 is 0 Å². The van der Waals surface area contributed by atoms with Crippen LogP contribution in [0.4, 0.5) is 0 Å². The SMILES string of the molecule is CC1CCCC(N)C1C(=O)N(C)CC1CCN(C)CC1. The van der Waals surface area contributed by atoms with Crippen molar-refractivity contribution in [2.24, 2.45) is 23.5 Å². The lowest BCUT2D eigenvalue weighted by molar-refractivity contribution is -0.138. The maximum Gasteiger partial charge on any atom is 0.227 e. The highest BCUT2D eigenvalue weighted by Crippen LogP contribution is 2.30. The summed E-state index contributed by atoms with van der Waals surface area (Å²) in [6, 6.07) is 0.0613. The van der Waals surface area contributed by atoms with Crippen LogP contribution < -0.4 is 5.73 Å². The zero-order valence-electron chi connectivity index (χ0n) is 13.3. The average Bonchev–Trinajstić information content (AvgIpc) is 2.41. The van der Waals surface area contributed by atoms with Crippen molar-refractivity contribution >= 4 is 5.91 Å². The second-order valence-electron chi connectivity index (χ2n) is 7.06. The standard InChI is InChI=1S/C16H31N3O/c1-12-5-4-6-14(17)15(12)16(20)19(3)11-13-7-9-18(2)10-8-13/h12-15H,4-11,17H2,1-3H3. The van der Waals surface area contributed by atoms with Gasteiger partial charge in [-0.2, -0.15) is 0 Å². The van der Waals surface area contributed by atoms with E-state index in [2.05, 4.69) is 18.9 Å². The highest BCUT2D eigenvalue weighted by atomic mass is 16.2. The van der Waals surface area contributed by atoms with Gasteiger partial charge in [0.15, 0.2) is 0 Å². The Morgan fingerprint density at radius 1 is 1.25 bits per heavy atom. The van der Waals surface area contributed by atoms with Gasteiger partial charge in [0.25, 0.3) is 0 Å². The smallest absolute Gasteiger partial charge is 0.227 e. The van der Waals surface area contributed by atoms with Crippen LogP contribution in [-0.2, 0) is 4.79 Å². The van der Waals surface area contributed by atoms with Crippen LogP contribution in [0.3, 0.4) is 0 Å². The lowest BCUT2D eigenvalue weighted by Crippen LogP contribution is -2.49. The van der Waals surface area contributed by atoms with Crippen LogP contribution in [0, 0.1) is 17.8 Å². The Hall–Kier alpha value is -0.610. The average molecular weight is 281 g/mol. The molecule has 1 saturated heterocycles. The number of carbonyl (C=O) groups excluding carboxylic acids is 1. The molecule has 4 nitrogen and oxygen atoms in total. The van der Waals surface area contributed by atoms with Crippen molar-refractivity contribution in [3.8, 4) is 0 Å². The molecule has 2 N–H and O–H groups in total. The third-order valence-electron chi connectivity index (χ3n) is 5.30. The first kappa shape index (κ1) is 15.8. The molecule has 1 saturated carbocycles. The van der Waals surface area contributed by atoms with E-state index in [4.69, 9.17) is 5.73 Å². The first-order valence-corrected chi connectivity index (χ1v) is 8.18. The van der Waals surface area contributed by atoms with Crippen LogP contribution in [0.5, 0.6) is 0 Å². The summed E-state index contributed by atoms with van der Waals surface area (Å²) in [4.78, 5) is 17.0. The highest BCUT2D eigenvalue weighted by molar-refractivity contribution is 5.79. The monoisotopic (exact) mass is 281 g/mol. The topological polar surface area (TPSA) is 49.6 Å². The second-order valence-corrected chi connectivity index (χ2v) is 7.06. The summed E-state index contributed by atoms with van der Waals surface area (Å²) in [6.07, 6.45) is 5.74. The molecule has 0 aromatic rings. The molecule has 20 heavy (non-hydrogen) atoms. The fourth-order valence-electron chi connectivity index (χ4n) is 3.86. The Balaban J connectivity index is 1.87. The molecular formula is C16H31N3O. The van der Waals surface area contributed by atoms with Crippen molar-refractivity contribution in [1.29, 1.82) is 0 Å². The first-order chi connectivity index (χ1) is 9.49. The molecule has 0 aromatic carbocycles. The van der Waals surface area contributed by atoms with Crippen molar-refractivity contribution in [2.75, 3.05) is 33.7 Å². The summed E-state index contributed by atoms with van der Waals surface area (Å²) in [6.45, 7) is 5.41. The number of rotatable bonds is 3. The van der Waals surface area contributed by atoms with Gasteiger partial charge in [0, 0.05) is 19.6 Å². The molecule has 2 rings (SSSR count). The fraction of sp³-hybridized carbons (Fsp3) is 0.938. The van der Waals surface area contributed by atoms with Crippen LogP contribution in [0.25, 0.3) is 0 Å². The molecule has 0 aromatic heterocycles. The number of hydrogen-bond acceptors (Lipinski definition) is 3. The molecule has 2 fully saturated rings. The van der Waals surface area contributed by atoms with Gasteiger partial charge in [-0.15, -0.1) is 0 Å². The molecule has 4 heteroatoms. The molecule has 3 unspecified atom stereocenters. The van der Waals surface area contributed by atoms with Gasteiger partial charge in [-0.05, 0) is 57.7 Å². The first-order valence-electron chi connectivity index (χ1n) is 8.18. The van der Waals surface area contributed by atoms with Crippen molar-refractivity contribution in [2.45, 2.75) is 45.1 Å². The number of hydrogen-bond donors (Lipinski definition) is 1. The van der Waals surface area contributed by atoms with Gasteiger partial charge in [-0.1, -0.05) is 13.3 Å². The minimum absolute atomic E-state index is 0.0417. The second kappa shape index (κ2) is 6.90. The number of likely N-dealkylation sites (tertiary alicyclic amines) is 1. The van der Waals surface area contributed by atoms with Gasteiger partial charge in [0.1, 0.15) is 0 Å². The Bertz CT molecular complexity index is 316. The summed E-state index contributed by atoms with van der Waals surface area (Å²) >= 11 is 0. The molecule has 2 aliphatic rings. The van der Waals surface area contributed by atoms with E-state index in [0.29, 0.717) is 11.8 Å². The minimum atomic E-state index is 0.0417. The predicted octanol–water partition coefficient (Wildman–Crippen LogP) is 1.55. The van der Waals surface area contributed by atoms with Crippen LogP contribution in [-0.4, -0.2) is 55.5 Å². The molecular weight excluding hydrogens is 250 g/mol. The van der Waals surface area contributed by atoms with Crippen molar-refractivity contribution in [3.05, 3.63) is 0 Å². The van der Waals surface area contributed by atoms with E-state index >= 15 is 0 Å². The van der Waals surface area contributed by atoms with E-state index in [1.54, 1.807) is 0 Å². The van der Waals surface area contributed by atoms with Crippen LogP contribution in [0.15, 0.2) is 0 Å². The van der Waals surface area contributed by atoms with Crippen molar-refractivity contribution < 1.29 is 4.79 Å². The summed E-state index contributed by atoms with van der Waals surface area (Å²) in [5, 5.41) is 0. The zero-order chi connectivity index (χ0) is 14.7. The molecule has 0 bridgehead atoms. The zero-order valence-corrected chi connectivity index (χ0v) is 13.3. The van der Waals surface area contributed by atoms with E-state index in [-0.39, 0.29) is 17.9 Å². The van der Waals surface area contributed by atoms with E-state index in [0.717, 1.165) is 32.5 Å². The van der Waals surface area contributed by atoms with E-state index in [1.165, 1.54) is 19.3 Å². The number of nitrogens with zero attached hydrogens (tertiary/aromatic N) is 2. The molecule has 1 aliphatic carbocycles. The summed E-state index contributed by atoms with van der Waals surface area (Å²) in [5.74, 6) is 1.42. The normalized spacial score (nSPS) is 33.1. The number of nitrogens with two attached hydrogens (primary N) is 1.